The fourth-order valence-corrected chi connectivity index (χ4v) is 3.30. The minimum Gasteiger partial charge on any atom is -0.497 e. The van der Waals surface area contributed by atoms with Crippen molar-refractivity contribution in [2.75, 3.05) is 20.3 Å². The van der Waals surface area contributed by atoms with E-state index >= 15 is 0 Å². The van der Waals surface area contributed by atoms with Gasteiger partial charge in [-0.1, -0.05) is 41.4 Å². The van der Waals surface area contributed by atoms with Crippen molar-refractivity contribution in [1.29, 1.82) is 0 Å². The van der Waals surface area contributed by atoms with Crippen LogP contribution in [0.1, 0.15) is 32.3 Å². The average molecular weight is 477 g/mol. The van der Waals surface area contributed by atoms with Gasteiger partial charge in [-0.25, -0.2) is 0 Å². The zero-order chi connectivity index (χ0) is 21.9. The third-order valence-electron chi connectivity index (χ3n) is 4.66. The van der Waals surface area contributed by atoms with E-state index in [4.69, 9.17) is 9.47 Å². The standard InChI is InChI=1S/C23H29BrN2O4/c1-4-5-13-25-23(28)17(2)26(15-18-7-6-8-19(24)14-18)22(27)16-30-21-11-9-20(29-3)10-12-21/h6-12,14,17H,4-5,13,15-16H2,1-3H3,(H,25,28)/t17-/m0/s1. The number of hydrogen-bond donors (Lipinski definition) is 1. The Labute approximate surface area is 186 Å². The van der Waals surface area contributed by atoms with Crippen LogP contribution in [0.2, 0.25) is 0 Å². The Hall–Kier alpha value is -2.54. The molecule has 0 bridgehead atoms. The number of rotatable bonds is 11. The number of nitrogens with zero attached hydrogens (tertiary/aromatic N) is 1. The lowest BCUT2D eigenvalue weighted by Crippen LogP contribution is -2.49. The van der Waals surface area contributed by atoms with E-state index in [-0.39, 0.29) is 18.4 Å². The van der Waals surface area contributed by atoms with Crippen molar-refractivity contribution in [3.8, 4) is 11.5 Å². The van der Waals surface area contributed by atoms with Gasteiger partial charge < -0.3 is 19.7 Å². The third kappa shape index (κ3) is 7.37. The first kappa shape index (κ1) is 23.7. The van der Waals surface area contributed by atoms with E-state index in [9.17, 15) is 9.59 Å². The van der Waals surface area contributed by atoms with E-state index in [0.717, 1.165) is 22.9 Å². The van der Waals surface area contributed by atoms with Gasteiger partial charge >= 0.3 is 0 Å². The highest BCUT2D eigenvalue weighted by atomic mass is 79.9. The molecule has 6 nitrogen and oxygen atoms in total. The molecule has 0 aromatic heterocycles. The van der Waals surface area contributed by atoms with Crippen molar-refractivity contribution in [1.82, 2.24) is 10.2 Å². The summed E-state index contributed by atoms with van der Waals surface area (Å²) in [6, 6.07) is 14.1. The van der Waals surface area contributed by atoms with Crippen molar-refractivity contribution < 1.29 is 19.1 Å². The maximum atomic E-state index is 13.0. The summed E-state index contributed by atoms with van der Waals surface area (Å²) in [4.78, 5) is 27.1. The van der Waals surface area contributed by atoms with Crippen LogP contribution in [-0.4, -0.2) is 43.0 Å². The SMILES string of the molecule is CCCCNC(=O)[C@H](C)N(Cc1cccc(Br)c1)C(=O)COc1ccc(OC)cc1. The van der Waals surface area contributed by atoms with E-state index in [1.165, 1.54) is 0 Å². The molecule has 30 heavy (non-hydrogen) atoms. The van der Waals surface area contributed by atoms with Crippen LogP contribution in [0.5, 0.6) is 11.5 Å². The van der Waals surface area contributed by atoms with Crippen LogP contribution < -0.4 is 14.8 Å². The maximum Gasteiger partial charge on any atom is 0.261 e. The molecular formula is C23H29BrN2O4. The number of nitrogens with one attached hydrogen (secondary N) is 1. The molecule has 2 amide bonds. The Bertz CT molecular complexity index is 826. The minimum absolute atomic E-state index is 0.160. The van der Waals surface area contributed by atoms with E-state index < -0.39 is 6.04 Å². The van der Waals surface area contributed by atoms with E-state index in [1.54, 1.807) is 43.2 Å². The van der Waals surface area contributed by atoms with Crippen molar-refractivity contribution in [3.05, 3.63) is 58.6 Å². The van der Waals surface area contributed by atoms with Gasteiger partial charge in [0.25, 0.3) is 5.91 Å². The Balaban J connectivity index is 2.09. The molecule has 0 aliphatic rings. The molecule has 2 rings (SSSR count). The second-order valence-corrected chi connectivity index (χ2v) is 7.85. The maximum absolute atomic E-state index is 13.0. The lowest BCUT2D eigenvalue weighted by atomic mass is 10.1. The number of carbonyl (C=O) groups excluding carboxylic acids is 2. The van der Waals surface area contributed by atoms with Crippen LogP contribution in [0.4, 0.5) is 0 Å². The molecule has 0 aliphatic heterocycles. The molecule has 7 heteroatoms. The molecule has 0 saturated carbocycles. The van der Waals surface area contributed by atoms with Crippen molar-refractivity contribution in [3.63, 3.8) is 0 Å². The Morgan fingerprint density at radius 2 is 1.83 bits per heavy atom. The van der Waals surface area contributed by atoms with Crippen LogP contribution in [0, 0.1) is 0 Å². The normalized spacial score (nSPS) is 11.5. The first-order valence-corrected chi connectivity index (χ1v) is 10.8. The van der Waals surface area contributed by atoms with Gasteiger partial charge in [-0.3, -0.25) is 9.59 Å². The molecule has 0 unspecified atom stereocenters. The van der Waals surface area contributed by atoms with Crippen molar-refractivity contribution in [2.45, 2.75) is 39.3 Å². The van der Waals surface area contributed by atoms with Crippen LogP contribution in [0.15, 0.2) is 53.0 Å². The monoisotopic (exact) mass is 476 g/mol. The van der Waals surface area contributed by atoms with Gasteiger partial charge in [0.15, 0.2) is 6.61 Å². The predicted molar refractivity (Wildman–Crippen MR) is 121 cm³/mol. The fourth-order valence-electron chi connectivity index (χ4n) is 2.85. The number of methoxy groups -OCH3 is 1. The number of hydrogen-bond acceptors (Lipinski definition) is 4. The topological polar surface area (TPSA) is 67.9 Å². The van der Waals surface area contributed by atoms with Gasteiger partial charge in [0.1, 0.15) is 17.5 Å². The highest BCUT2D eigenvalue weighted by Gasteiger charge is 2.26. The Morgan fingerprint density at radius 3 is 2.47 bits per heavy atom. The van der Waals surface area contributed by atoms with Gasteiger partial charge in [0.2, 0.25) is 5.91 Å². The number of ether oxygens (including phenoxy) is 2. The first-order chi connectivity index (χ1) is 14.4. The molecule has 1 atom stereocenters. The lowest BCUT2D eigenvalue weighted by molar-refractivity contribution is -0.142. The molecule has 0 saturated heterocycles. The molecule has 0 aliphatic carbocycles. The van der Waals surface area contributed by atoms with Crippen LogP contribution in [0.3, 0.4) is 0 Å². The molecule has 0 fully saturated rings. The minimum atomic E-state index is -0.618. The molecule has 0 spiro atoms. The summed E-state index contributed by atoms with van der Waals surface area (Å²) in [6.07, 6.45) is 1.89. The lowest BCUT2D eigenvalue weighted by Gasteiger charge is -2.29. The largest absolute Gasteiger partial charge is 0.497 e. The van der Waals surface area contributed by atoms with Crippen LogP contribution >= 0.6 is 15.9 Å². The highest BCUT2D eigenvalue weighted by Crippen LogP contribution is 2.18. The van der Waals surface area contributed by atoms with Gasteiger partial charge in [-0.05, 0) is 55.3 Å². The summed E-state index contributed by atoms with van der Waals surface area (Å²) >= 11 is 3.45. The van der Waals surface area contributed by atoms with Crippen LogP contribution in [0.25, 0.3) is 0 Å². The number of carbonyl (C=O) groups is 2. The van der Waals surface area contributed by atoms with Crippen molar-refractivity contribution >= 4 is 27.7 Å². The van der Waals surface area contributed by atoms with Gasteiger partial charge in [-0.15, -0.1) is 0 Å². The second kappa shape index (κ2) is 12.2. The zero-order valence-electron chi connectivity index (χ0n) is 17.7. The third-order valence-corrected chi connectivity index (χ3v) is 5.15. The summed E-state index contributed by atoms with van der Waals surface area (Å²) in [5.74, 6) is 0.842. The summed E-state index contributed by atoms with van der Waals surface area (Å²) in [7, 11) is 1.59. The average Bonchev–Trinajstić information content (AvgIpc) is 2.75. The van der Waals surface area contributed by atoms with E-state index in [0.29, 0.717) is 24.6 Å². The van der Waals surface area contributed by atoms with Crippen molar-refractivity contribution in [2.24, 2.45) is 0 Å². The van der Waals surface area contributed by atoms with E-state index in [2.05, 4.69) is 28.2 Å². The first-order valence-electron chi connectivity index (χ1n) is 10.0. The zero-order valence-corrected chi connectivity index (χ0v) is 19.3. The predicted octanol–water partition coefficient (Wildman–Crippen LogP) is 4.17. The van der Waals surface area contributed by atoms with Gasteiger partial charge in [0.05, 0.1) is 7.11 Å². The fraction of sp³-hybridized carbons (Fsp3) is 0.391. The number of halogens is 1. The molecule has 2 aromatic rings. The van der Waals surface area contributed by atoms with Crippen LogP contribution in [-0.2, 0) is 16.1 Å². The van der Waals surface area contributed by atoms with E-state index in [1.807, 2.05) is 24.3 Å². The molecule has 0 radical (unpaired) electrons. The number of unbranched alkanes of at least 4 members (excludes halogenated alkanes) is 1. The summed E-state index contributed by atoms with van der Waals surface area (Å²) in [6.45, 7) is 4.56. The van der Waals surface area contributed by atoms with Gasteiger partial charge in [-0.2, -0.15) is 0 Å². The molecule has 2 aromatic carbocycles. The molecular weight excluding hydrogens is 448 g/mol. The molecule has 162 valence electrons. The number of amides is 2. The smallest absolute Gasteiger partial charge is 0.261 e. The second-order valence-electron chi connectivity index (χ2n) is 6.94. The molecule has 0 heterocycles. The summed E-state index contributed by atoms with van der Waals surface area (Å²) in [5.41, 5.74) is 0.926. The summed E-state index contributed by atoms with van der Waals surface area (Å²) in [5, 5.41) is 2.91. The quantitative estimate of drug-likeness (QED) is 0.494. The summed E-state index contributed by atoms with van der Waals surface area (Å²) < 4.78 is 11.7. The number of benzene rings is 2. The molecule has 1 N–H and O–H groups in total. The highest BCUT2D eigenvalue weighted by molar-refractivity contribution is 9.10. The Kier molecular flexibility index (Phi) is 9.67. The van der Waals surface area contributed by atoms with Gasteiger partial charge in [0, 0.05) is 17.6 Å². The Morgan fingerprint density at radius 1 is 1.13 bits per heavy atom.